The summed E-state index contributed by atoms with van der Waals surface area (Å²) in [5, 5.41) is 2.95. The molecule has 1 N–H and O–H groups in total. The summed E-state index contributed by atoms with van der Waals surface area (Å²) < 4.78 is 21.9. The topological polar surface area (TPSA) is 66.0 Å². The lowest BCUT2D eigenvalue weighted by molar-refractivity contribution is -0.116. The number of hydrogen-bond acceptors (Lipinski definition) is 5. The largest absolute Gasteiger partial charge is 0.497 e. The number of benzene rings is 2. The van der Waals surface area contributed by atoms with Gasteiger partial charge in [0, 0.05) is 12.5 Å². The summed E-state index contributed by atoms with van der Waals surface area (Å²) in [6.45, 7) is 5.33. The fourth-order valence-corrected chi connectivity index (χ4v) is 3.33. The van der Waals surface area contributed by atoms with Crippen molar-refractivity contribution < 1.29 is 23.7 Å². The first-order valence-corrected chi connectivity index (χ1v) is 9.43. The third kappa shape index (κ3) is 4.50. The van der Waals surface area contributed by atoms with Crippen molar-refractivity contribution in [1.82, 2.24) is 0 Å². The highest BCUT2D eigenvalue weighted by molar-refractivity contribution is 5.93. The third-order valence-electron chi connectivity index (χ3n) is 4.89. The Morgan fingerprint density at radius 3 is 2.46 bits per heavy atom. The Hall–Kier alpha value is -2.89. The zero-order valence-electron chi connectivity index (χ0n) is 16.8. The predicted molar refractivity (Wildman–Crippen MR) is 108 cm³/mol. The molecule has 1 heterocycles. The highest BCUT2D eigenvalue weighted by Crippen LogP contribution is 2.37. The molecule has 0 saturated heterocycles. The van der Waals surface area contributed by atoms with Gasteiger partial charge in [0.2, 0.25) is 5.91 Å². The van der Waals surface area contributed by atoms with Crippen molar-refractivity contribution in [3.05, 3.63) is 42.0 Å². The van der Waals surface area contributed by atoms with Gasteiger partial charge < -0.3 is 24.3 Å². The van der Waals surface area contributed by atoms with E-state index >= 15 is 0 Å². The van der Waals surface area contributed by atoms with Crippen molar-refractivity contribution in [3.8, 4) is 23.0 Å². The summed E-state index contributed by atoms with van der Waals surface area (Å²) in [5.41, 5.74) is 1.69. The molecular weight excluding hydrogens is 358 g/mol. The first-order valence-electron chi connectivity index (χ1n) is 9.43. The molecule has 0 aliphatic carbocycles. The quantitative estimate of drug-likeness (QED) is 0.772. The summed E-state index contributed by atoms with van der Waals surface area (Å²) in [6.07, 6.45) is 0.354. The van der Waals surface area contributed by atoms with Gasteiger partial charge in [-0.1, -0.05) is 19.9 Å². The highest BCUT2D eigenvalue weighted by Gasteiger charge is 2.23. The number of amides is 1. The van der Waals surface area contributed by atoms with E-state index in [4.69, 9.17) is 18.9 Å². The van der Waals surface area contributed by atoms with Crippen molar-refractivity contribution in [3.63, 3.8) is 0 Å². The number of carbonyl (C=O) groups excluding carboxylic acids is 1. The van der Waals surface area contributed by atoms with Gasteiger partial charge in [-0.2, -0.15) is 0 Å². The van der Waals surface area contributed by atoms with E-state index in [-0.39, 0.29) is 17.7 Å². The summed E-state index contributed by atoms with van der Waals surface area (Å²) in [5.74, 6) is 3.00. The van der Waals surface area contributed by atoms with Crippen molar-refractivity contribution in [2.45, 2.75) is 26.2 Å². The molecule has 0 spiro atoms. The van der Waals surface area contributed by atoms with Crippen LogP contribution >= 0.6 is 0 Å². The van der Waals surface area contributed by atoms with Crippen LogP contribution in [0.4, 0.5) is 5.69 Å². The van der Waals surface area contributed by atoms with E-state index in [1.807, 2.05) is 18.2 Å². The maximum absolute atomic E-state index is 12.8. The van der Waals surface area contributed by atoms with Gasteiger partial charge in [0.25, 0.3) is 0 Å². The molecule has 6 nitrogen and oxygen atoms in total. The standard InChI is InChI=1S/C22H27NO5/c1-14(2)17(15-5-8-19-21(11-15)28-10-9-27-19)13-22(24)23-18-7-6-16(25-3)12-20(18)26-4/h5-8,11-12,14,17H,9-10,13H2,1-4H3,(H,23,24). The Labute approximate surface area is 165 Å². The average molecular weight is 385 g/mol. The van der Waals surface area contributed by atoms with E-state index in [0.717, 1.165) is 17.1 Å². The van der Waals surface area contributed by atoms with Crippen LogP contribution in [0, 0.1) is 5.92 Å². The first-order chi connectivity index (χ1) is 13.5. The lowest BCUT2D eigenvalue weighted by atomic mass is 9.85. The van der Waals surface area contributed by atoms with E-state index in [9.17, 15) is 4.79 Å². The molecule has 2 aromatic rings. The third-order valence-corrected chi connectivity index (χ3v) is 4.89. The van der Waals surface area contributed by atoms with E-state index in [1.165, 1.54) is 0 Å². The van der Waals surface area contributed by atoms with E-state index in [1.54, 1.807) is 32.4 Å². The molecule has 1 unspecified atom stereocenters. The Morgan fingerprint density at radius 2 is 1.79 bits per heavy atom. The Morgan fingerprint density at radius 1 is 1.04 bits per heavy atom. The van der Waals surface area contributed by atoms with Crippen LogP contribution in [0.15, 0.2) is 36.4 Å². The number of hydrogen-bond donors (Lipinski definition) is 1. The summed E-state index contributed by atoms with van der Waals surface area (Å²) in [7, 11) is 3.16. The molecule has 6 heteroatoms. The molecule has 0 bridgehead atoms. The summed E-state index contributed by atoms with van der Waals surface area (Å²) >= 11 is 0. The Bertz CT molecular complexity index is 834. The van der Waals surface area contributed by atoms with Crippen LogP contribution in [0.25, 0.3) is 0 Å². The minimum Gasteiger partial charge on any atom is -0.497 e. The molecule has 1 aliphatic heterocycles. The minimum absolute atomic E-state index is 0.0556. The normalized spacial score (nSPS) is 13.8. The van der Waals surface area contributed by atoms with E-state index < -0.39 is 0 Å². The van der Waals surface area contributed by atoms with E-state index in [0.29, 0.717) is 36.8 Å². The van der Waals surface area contributed by atoms with Crippen LogP contribution in [0.5, 0.6) is 23.0 Å². The van der Waals surface area contributed by atoms with Gasteiger partial charge in [-0.15, -0.1) is 0 Å². The monoisotopic (exact) mass is 385 g/mol. The second-order valence-corrected chi connectivity index (χ2v) is 7.07. The fourth-order valence-electron chi connectivity index (χ4n) is 3.33. The zero-order chi connectivity index (χ0) is 20.1. The highest BCUT2D eigenvalue weighted by atomic mass is 16.6. The van der Waals surface area contributed by atoms with Crippen molar-refractivity contribution in [2.75, 3.05) is 32.8 Å². The van der Waals surface area contributed by atoms with Gasteiger partial charge in [-0.3, -0.25) is 4.79 Å². The number of fused-ring (bicyclic) bond motifs is 1. The van der Waals surface area contributed by atoms with E-state index in [2.05, 4.69) is 19.2 Å². The van der Waals surface area contributed by atoms with Crippen molar-refractivity contribution >= 4 is 11.6 Å². The number of rotatable bonds is 7. The molecule has 2 aromatic carbocycles. The van der Waals surface area contributed by atoms with Crippen molar-refractivity contribution in [2.24, 2.45) is 5.92 Å². The minimum atomic E-state index is -0.0722. The number of methoxy groups -OCH3 is 2. The molecule has 0 saturated carbocycles. The fraction of sp³-hybridized carbons (Fsp3) is 0.409. The lowest BCUT2D eigenvalue weighted by Crippen LogP contribution is -2.20. The van der Waals surface area contributed by atoms with Crippen LogP contribution in [0.3, 0.4) is 0 Å². The molecule has 1 aliphatic rings. The Balaban J connectivity index is 1.75. The molecule has 3 rings (SSSR count). The van der Waals surface area contributed by atoms with Gasteiger partial charge in [0.15, 0.2) is 11.5 Å². The summed E-state index contributed by atoms with van der Waals surface area (Å²) in [4.78, 5) is 12.8. The van der Waals surface area contributed by atoms with Gasteiger partial charge in [0.1, 0.15) is 24.7 Å². The number of ether oxygens (including phenoxy) is 4. The number of carbonyl (C=O) groups is 1. The Kier molecular flexibility index (Phi) is 6.29. The van der Waals surface area contributed by atoms with Crippen LogP contribution in [-0.2, 0) is 4.79 Å². The second kappa shape index (κ2) is 8.87. The lowest BCUT2D eigenvalue weighted by Gasteiger charge is -2.24. The molecule has 0 radical (unpaired) electrons. The van der Waals surface area contributed by atoms with Gasteiger partial charge in [0.05, 0.1) is 19.9 Å². The molecule has 150 valence electrons. The predicted octanol–water partition coefficient (Wildman–Crippen LogP) is 4.24. The number of nitrogens with one attached hydrogen (secondary N) is 1. The average Bonchev–Trinajstić information content (AvgIpc) is 2.71. The number of anilines is 1. The van der Waals surface area contributed by atoms with Gasteiger partial charge in [-0.25, -0.2) is 0 Å². The van der Waals surface area contributed by atoms with Crippen LogP contribution < -0.4 is 24.3 Å². The molecular formula is C22H27NO5. The van der Waals surface area contributed by atoms with Gasteiger partial charge >= 0.3 is 0 Å². The summed E-state index contributed by atoms with van der Waals surface area (Å²) in [6, 6.07) is 11.2. The van der Waals surface area contributed by atoms with Crippen LogP contribution in [0.1, 0.15) is 31.7 Å². The zero-order valence-corrected chi connectivity index (χ0v) is 16.8. The van der Waals surface area contributed by atoms with Crippen LogP contribution in [-0.4, -0.2) is 33.3 Å². The molecule has 1 amide bonds. The van der Waals surface area contributed by atoms with Gasteiger partial charge in [-0.05, 0) is 41.7 Å². The SMILES string of the molecule is COc1ccc(NC(=O)CC(c2ccc3c(c2)OCCO3)C(C)C)c(OC)c1. The smallest absolute Gasteiger partial charge is 0.225 e. The maximum atomic E-state index is 12.8. The van der Waals surface area contributed by atoms with Crippen molar-refractivity contribution in [1.29, 1.82) is 0 Å². The molecule has 1 atom stereocenters. The molecule has 0 aromatic heterocycles. The second-order valence-electron chi connectivity index (χ2n) is 7.07. The maximum Gasteiger partial charge on any atom is 0.225 e. The molecule has 28 heavy (non-hydrogen) atoms. The van der Waals surface area contributed by atoms with Crippen LogP contribution in [0.2, 0.25) is 0 Å². The molecule has 0 fully saturated rings. The first kappa shape index (κ1) is 19.9.